The van der Waals surface area contributed by atoms with Crippen LogP contribution < -0.4 is 11.5 Å². The first kappa shape index (κ1) is 12.3. The summed E-state index contributed by atoms with van der Waals surface area (Å²) in [7, 11) is 0. The van der Waals surface area contributed by atoms with Crippen molar-refractivity contribution in [2.24, 2.45) is 11.7 Å². The highest BCUT2D eigenvalue weighted by molar-refractivity contribution is 5.81. The molecule has 0 aromatic carbocycles. The molecule has 8 nitrogen and oxygen atoms in total. The number of aromatic nitrogens is 4. The third-order valence-electron chi connectivity index (χ3n) is 3.82. The number of nitrogens with zero attached hydrogens (tertiary/aromatic N) is 4. The van der Waals surface area contributed by atoms with Gasteiger partial charge in [0.1, 0.15) is 17.9 Å². The molecule has 1 fully saturated rings. The zero-order chi connectivity index (χ0) is 13.6. The molecule has 19 heavy (non-hydrogen) atoms. The molecule has 0 saturated heterocycles. The highest BCUT2D eigenvalue weighted by Gasteiger charge is 2.42. The molecule has 2 heterocycles. The van der Waals surface area contributed by atoms with E-state index < -0.39 is 12.2 Å². The van der Waals surface area contributed by atoms with E-state index in [9.17, 15) is 10.2 Å². The third kappa shape index (κ3) is 1.76. The second-order valence-corrected chi connectivity index (χ2v) is 4.86. The molecule has 0 spiro atoms. The summed E-state index contributed by atoms with van der Waals surface area (Å²) in [4.78, 5) is 12.2. The Labute approximate surface area is 109 Å². The van der Waals surface area contributed by atoms with E-state index in [4.69, 9.17) is 11.5 Å². The van der Waals surface area contributed by atoms with Gasteiger partial charge in [-0.3, -0.25) is 0 Å². The van der Waals surface area contributed by atoms with Gasteiger partial charge in [0.25, 0.3) is 0 Å². The molecule has 1 aliphatic rings. The van der Waals surface area contributed by atoms with Crippen LogP contribution in [0.3, 0.4) is 0 Å². The van der Waals surface area contributed by atoms with E-state index in [0.29, 0.717) is 29.9 Å². The van der Waals surface area contributed by atoms with Crippen molar-refractivity contribution in [2.45, 2.75) is 24.7 Å². The number of nitrogen functional groups attached to an aromatic ring is 1. The third-order valence-corrected chi connectivity index (χ3v) is 3.82. The molecule has 1 saturated carbocycles. The molecule has 0 bridgehead atoms. The number of nitrogens with two attached hydrogens (primary N) is 2. The molecule has 0 radical (unpaired) electrons. The maximum atomic E-state index is 10.1. The summed E-state index contributed by atoms with van der Waals surface area (Å²) in [5, 5.41) is 20.1. The van der Waals surface area contributed by atoms with Crippen molar-refractivity contribution in [1.82, 2.24) is 19.5 Å². The van der Waals surface area contributed by atoms with Crippen LogP contribution in [0.5, 0.6) is 0 Å². The standard InChI is InChI=1S/C11H16N6O2/c12-2-5-1-6(9(19)8(5)18)17-4-16-7-10(13)14-3-15-11(7)17/h3-6,8-9,18-19H,1-2,12H2,(H2,13,14,15)/t5-,6-,8-,9+/m1/s1. The smallest absolute Gasteiger partial charge is 0.165 e. The van der Waals surface area contributed by atoms with Gasteiger partial charge in [0.05, 0.1) is 18.5 Å². The Bertz CT molecular complexity index is 600. The van der Waals surface area contributed by atoms with Gasteiger partial charge in [-0.25, -0.2) is 15.0 Å². The minimum atomic E-state index is -0.887. The quantitative estimate of drug-likeness (QED) is 0.526. The van der Waals surface area contributed by atoms with E-state index in [1.165, 1.54) is 6.33 Å². The molecular weight excluding hydrogens is 248 g/mol. The highest BCUT2D eigenvalue weighted by Crippen LogP contribution is 2.36. The number of rotatable bonds is 2. The van der Waals surface area contributed by atoms with Crippen LogP contribution >= 0.6 is 0 Å². The van der Waals surface area contributed by atoms with Crippen LogP contribution in [-0.4, -0.2) is 48.5 Å². The number of aliphatic hydroxyl groups is 2. The Morgan fingerprint density at radius 2 is 2.05 bits per heavy atom. The molecular formula is C11H16N6O2. The minimum absolute atomic E-state index is 0.128. The van der Waals surface area contributed by atoms with E-state index in [-0.39, 0.29) is 12.0 Å². The molecule has 6 N–H and O–H groups in total. The fourth-order valence-electron chi connectivity index (χ4n) is 2.72. The second-order valence-electron chi connectivity index (χ2n) is 4.86. The summed E-state index contributed by atoms with van der Waals surface area (Å²) >= 11 is 0. The van der Waals surface area contributed by atoms with Crippen LogP contribution in [0.25, 0.3) is 11.2 Å². The number of imidazole rings is 1. The van der Waals surface area contributed by atoms with Crippen LogP contribution in [0.1, 0.15) is 12.5 Å². The van der Waals surface area contributed by atoms with Crippen LogP contribution in [0, 0.1) is 5.92 Å². The lowest BCUT2D eigenvalue weighted by Gasteiger charge is -2.18. The van der Waals surface area contributed by atoms with Gasteiger partial charge < -0.3 is 26.2 Å². The number of hydrogen-bond donors (Lipinski definition) is 4. The van der Waals surface area contributed by atoms with Gasteiger partial charge in [-0.15, -0.1) is 0 Å². The average molecular weight is 264 g/mol. The SMILES string of the molecule is NC[C@H]1C[C@@H](n2cnc3c(N)ncnc32)[C@H](O)[C@@H]1O. The van der Waals surface area contributed by atoms with Crippen molar-refractivity contribution in [3.8, 4) is 0 Å². The molecule has 102 valence electrons. The molecule has 8 heteroatoms. The molecule has 4 atom stereocenters. The van der Waals surface area contributed by atoms with E-state index in [2.05, 4.69) is 15.0 Å². The Hall–Kier alpha value is -1.77. The van der Waals surface area contributed by atoms with E-state index >= 15 is 0 Å². The fourth-order valence-corrected chi connectivity index (χ4v) is 2.72. The number of aliphatic hydroxyl groups excluding tert-OH is 2. The second kappa shape index (κ2) is 4.41. The van der Waals surface area contributed by atoms with Crippen molar-refractivity contribution in [2.75, 3.05) is 12.3 Å². The Morgan fingerprint density at radius 1 is 1.26 bits per heavy atom. The number of fused-ring (bicyclic) bond motifs is 1. The van der Waals surface area contributed by atoms with Crippen LogP contribution in [0.4, 0.5) is 5.82 Å². The zero-order valence-electron chi connectivity index (χ0n) is 10.2. The topological polar surface area (TPSA) is 136 Å². The molecule has 0 amide bonds. The van der Waals surface area contributed by atoms with Gasteiger partial charge in [0.2, 0.25) is 0 Å². The summed E-state index contributed by atoms with van der Waals surface area (Å²) < 4.78 is 1.73. The van der Waals surface area contributed by atoms with Gasteiger partial charge in [-0.05, 0) is 13.0 Å². The zero-order valence-corrected chi connectivity index (χ0v) is 10.2. The summed E-state index contributed by atoms with van der Waals surface area (Å²) in [6.45, 7) is 0.332. The van der Waals surface area contributed by atoms with E-state index in [1.807, 2.05) is 0 Å². The monoisotopic (exact) mass is 264 g/mol. The maximum absolute atomic E-state index is 10.1. The van der Waals surface area contributed by atoms with Crippen LogP contribution in [-0.2, 0) is 0 Å². The van der Waals surface area contributed by atoms with Crippen LogP contribution in [0.2, 0.25) is 0 Å². The van der Waals surface area contributed by atoms with Crippen molar-refractivity contribution < 1.29 is 10.2 Å². The normalized spacial score (nSPS) is 31.1. The molecule has 0 aliphatic heterocycles. The molecule has 2 aromatic heterocycles. The van der Waals surface area contributed by atoms with Gasteiger partial charge in [-0.1, -0.05) is 0 Å². The lowest BCUT2D eigenvalue weighted by molar-refractivity contribution is 0.00815. The first-order valence-electron chi connectivity index (χ1n) is 6.12. The largest absolute Gasteiger partial charge is 0.390 e. The van der Waals surface area contributed by atoms with Crippen molar-refractivity contribution in [1.29, 1.82) is 0 Å². The Balaban J connectivity index is 2.04. The van der Waals surface area contributed by atoms with Gasteiger partial charge in [0, 0.05) is 5.92 Å². The average Bonchev–Trinajstić information content (AvgIpc) is 2.94. The minimum Gasteiger partial charge on any atom is -0.390 e. The van der Waals surface area contributed by atoms with Gasteiger partial charge in [0.15, 0.2) is 11.5 Å². The van der Waals surface area contributed by atoms with E-state index in [0.717, 1.165) is 0 Å². The maximum Gasteiger partial charge on any atom is 0.165 e. The molecule has 2 aromatic rings. The molecule has 0 unspecified atom stereocenters. The summed E-state index contributed by atoms with van der Waals surface area (Å²) in [5.74, 6) is 0.170. The Kier molecular flexibility index (Phi) is 2.85. The lowest BCUT2D eigenvalue weighted by atomic mass is 10.1. The predicted molar refractivity (Wildman–Crippen MR) is 67.9 cm³/mol. The van der Waals surface area contributed by atoms with Gasteiger partial charge in [-0.2, -0.15) is 0 Å². The highest BCUT2D eigenvalue weighted by atomic mass is 16.3. The first-order chi connectivity index (χ1) is 9.13. The first-order valence-corrected chi connectivity index (χ1v) is 6.12. The molecule has 3 rings (SSSR count). The van der Waals surface area contributed by atoms with Crippen molar-refractivity contribution >= 4 is 17.0 Å². The fraction of sp³-hybridized carbons (Fsp3) is 0.545. The van der Waals surface area contributed by atoms with Gasteiger partial charge >= 0.3 is 0 Å². The van der Waals surface area contributed by atoms with Crippen molar-refractivity contribution in [3.05, 3.63) is 12.7 Å². The Morgan fingerprint density at radius 3 is 2.74 bits per heavy atom. The number of hydrogen-bond acceptors (Lipinski definition) is 7. The predicted octanol–water partition coefficient (Wildman–Crippen LogP) is -1.35. The van der Waals surface area contributed by atoms with Crippen LogP contribution in [0.15, 0.2) is 12.7 Å². The molecule has 1 aliphatic carbocycles. The van der Waals surface area contributed by atoms with Crippen molar-refractivity contribution in [3.63, 3.8) is 0 Å². The summed E-state index contributed by atoms with van der Waals surface area (Å²) in [6.07, 6.45) is 1.78. The summed E-state index contributed by atoms with van der Waals surface area (Å²) in [5.41, 5.74) is 12.4. The van der Waals surface area contributed by atoms with E-state index in [1.54, 1.807) is 10.9 Å². The lowest BCUT2D eigenvalue weighted by Crippen LogP contribution is -2.31. The summed E-state index contributed by atoms with van der Waals surface area (Å²) in [6, 6.07) is -0.303. The number of anilines is 1.